The fraction of sp³-hybridized carbons (Fsp3) is 1.00. The molecule has 8 heteroatoms. The van der Waals surface area contributed by atoms with Gasteiger partial charge >= 0.3 is 0 Å². The minimum atomic E-state index is -1.01. The van der Waals surface area contributed by atoms with Crippen molar-refractivity contribution >= 4 is 0 Å². The van der Waals surface area contributed by atoms with Gasteiger partial charge < -0.3 is 34.1 Å². The molecular weight excluding hydrogens is 640 g/mol. The van der Waals surface area contributed by atoms with Gasteiger partial charge in [-0.3, -0.25) is 4.90 Å². The quantitative estimate of drug-likeness (QED) is 0.321. The predicted molar refractivity (Wildman–Crippen MR) is 197 cm³/mol. The van der Waals surface area contributed by atoms with E-state index in [-0.39, 0.29) is 40.8 Å². The number of morpholine rings is 1. The number of hydrogen-bond donors (Lipinski definition) is 2. The average molecular weight is 713 g/mol. The van der Waals surface area contributed by atoms with Crippen LogP contribution in [0.2, 0.25) is 0 Å². The van der Waals surface area contributed by atoms with Gasteiger partial charge in [0, 0.05) is 24.1 Å². The molecule has 0 radical (unpaired) electrons. The maximum absolute atomic E-state index is 12.7. The van der Waals surface area contributed by atoms with Gasteiger partial charge in [0.2, 0.25) is 0 Å². The van der Waals surface area contributed by atoms with E-state index in [1.807, 2.05) is 20.8 Å². The van der Waals surface area contributed by atoms with E-state index in [9.17, 15) is 10.2 Å². The van der Waals surface area contributed by atoms with Crippen molar-refractivity contribution in [3.05, 3.63) is 0 Å². The SMILES string of the molecule is CCO[C@@H]([C@H]1C[C@@H](C)[C@H]2[C@H](O1)[C@H](O)[C@@]1(C)[C@@H]3CC[C@H]4C(C)(C)[C@@H](O[C@H]5CN(C67CCN(CC6)CC7)CCO5)CC[C@@]45C[C@@]35CC[C@]21C)C(C)(C)O. The van der Waals surface area contributed by atoms with Gasteiger partial charge in [-0.2, -0.15) is 0 Å². The highest BCUT2D eigenvalue weighted by Crippen LogP contribution is 2.89. The number of piperidine rings is 3. The third-order valence-electron chi connectivity index (χ3n) is 18.8. The van der Waals surface area contributed by atoms with E-state index in [0.717, 1.165) is 32.5 Å². The molecule has 0 aromatic carbocycles. The predicted octanol–water partition coefficient (Wildman–Crippen LogP) is 6.26. The third-order valence-corrected chi connectivity index (χ3v) is 18.8. The smallest absolute Gasteiger partial charge is 0.170 e. The lowest BCUT2D eigenvalue weighted by molar-refractivity contribution is -0.258. The summed E-state index contributed by atoms with van der Waals surface area (Å²) in [5, 5.41) is 23.8. The summed E-state index contributed by atoms with van der Waals surface area (Å²) in [5.74, 6) is 1.87. The van der Waals surface area contributed by atoms with Gasteiger partial charge in [-0.15, -0.1) is 0 Å². The van der Waals surface area contributed by atoms with Crippen molar-refractivity contribution in [3.8, 4) is 0 Å². The fourth-order valence-corrected chi connectivity index (χ4v) is 16.3. The van der Waals surface area contributed by atoms with Crippen LogP contribution in [0.25, 0.3) is 0 Å². The number of rotatable bonds is 7. The summed E-state index contributed by atoms with van der Waals surface area (Å²) >= 11 is 0. The molecule has 0 aromatic rings. The lowest BCUT2D eigenvalue weighted by atomic mass is 9.41. The van der Waals surface area contributed by atoms with Gasteiger partial charge in [-0.25, -0.2) is 0 Å². The van der Waals surface area contributed by atoms with Crippen molar-refractivity contribution in [3.63, 3.8) is 0 Å². The molecule has 51 heavy (non-hydrogen) atoms. The van der Waals surface area contributed by atoms with Crippen molar-refractivity contribution in [2.75, 3.05) is 45.9 Å². The van der Waals surface area contributed by atoms with Gasteiger partial charge in [0.1, 0.15) is 6.10 Å². The fourth-order valence-electron chi connectivity index (χ4n) is 16.3. The van der Waals surface area contributed by atoms with Crippen LogP contribution in [0.4, 0.5) is 0 Å². The second kappa shape index (κ2) is 11.8. The summed E-state index contributed by atoms with van der Waals surface area (Å²) in [6.07, 6.45) is 12.1. The van der Waals surface area contributed by atoms with Gasteiger partial charge in [-0.05, 0) is 156 Å². The molecular formula is C43H72N2O6. The Hall–Kier alpha value is -0.320. The molecule has 0 unspecified atom stereocenters. The minimum Gasteiger partial charge on any atom is -0.390 e. The monoisotopic (exact) mass is 713 g/mol. The molecule has 2 bridgehead atoms. The van der Waals surface area contributed by atoms with Crippen LogP contribution in [-0.2, 0) is 18.9 Å². The molecule has 5 saturated carbocycles. The Labute approximate surface area is 309 Å². The van der Waals surface area contributed by atoms with Crippen LogP contribution in [0.15, 0.2) is 0 Å². The van der Waals surface area contributed by atoms with Crippen LogP contribution in [0, 0.1) is 50.7 Å². The number of fused-ring (bicyclic) bond motifs is 7. The summed E-state index contributed by atoms with van der Waals surface area (Å²) in [7, 11) is 0. The standard InChI is InChI=1S/C43H72N2O6/c1-9-48-36(38(5,6)47)28-24-27(2)33-34(50-28)35(46)40(8)30-11-10-29-37(3,4)31(12-13-42(29)26-43(30,42)15-14-39(33,40)7)51-32-25-45(22-23-49-32)41-16-19-44(20-17-41)21-18-41/h27-36,46-47H,9-26H2,1-8H3/t27-,28-,29+,30+,31+,32+,33+,34+,35+,36+,39-,40-,42-,43+/m1/s1. The number of nitrogens with zero attached hydrogens (tertiary/aromatic N) is 2. The van der Waals surface area contributed by atoms with Crippen LogP contribution in [-0.4, -0.2) is 114 Å². The van der Waals surface area contributed by atoms with E-state index in [2.05, 4.69) is 44.4 Å². The molecule has 10 aliphatic rings. The van der Waals surface area contributed by atoms with Crippen molar-refractivity contribution < 1.29 is 29.2 Å². The van der Waals surface area contributed by atoms with Gasteiger partial charge in [-0.1, -0.05) is 34.6 Å². The van der Waals surface area contributed by atoms with E-state index in [1.54, 1.807) is 0 Å². The van der Waals surface area contributed by atoms with Crippen molar-refractivity contribution in [1.29, 1.82) is 0 Å². The summed E-state index contributed by atoms with van der Waals surface area (Å²) in [6.45, 7) is 25.2. The zero-order valence-electron chi connectivity index (χ0n) is 33.4. The van der Waals surface area contributed by atoms with Crippen LogP contribution >= 0.6 is 0 Å². The Bertz CT molecular complexity index is 1330. The first-order valence-electron chi connectivity index (χ1n) is 21.5. The molecule has 0 amide bonds. The van der Waals surface area contributed by atoms with Crippen molar-refractivity contribution in [2.24, 2.45) is 50.7 Å². The Morgan fingerprint density at radius 3 is 2.27 bits per heavy atom. The Balaban J connectivity index is 0.932. The Morgan fingerprint density at radius 2 is 1.59 bits per heavy atom. The third kappa shape index (κ3) is 4.84. The van der Waals surface area contributed by atoms with Crippen molar-refractivity contribution in [1.82, 2.24) is 9.80 Å². The first kappa shape index (κ1) is 36.3. The molecule has 5 aliphatic carbocycles. The maximum atomic E-state index is 12.7. The first-order valence-corrected chi connectivity index (χ1v) is 21.5. The molecule has 290 valence electrons. The molecule has 2 N–H and O–H groups in total. The Morgan fingerprint density at radius 1 is 0.902 bits per heavy atom. The summed E-state index contributed by atoms with van der Waals surface area (Å²) < 4.78 is 26.7. The second-order valence-electron chi connectivity index (χ2n) is 21.3. The highest BCUT2D eigenvalue weighted by atomic mass is 16.7. The zero-order chi connectivity index (χ0) is 36.0. The number of ether oxygens (including phenoxy) is 4. The first-order chi connectivity index (χ1) is 24.1. The normalized spacial score (nSPS) is 55.2. The summed E-state index contributed by atoms with van der Waals surface area (Å²) in [6, 6.07) is 0. The Kier molecular flexibility index (Phi) is 8.44. The maximum Gasteiger partial charge on any atom is 0.170 e. The number of hydrogen-bond acceptors (Lipinski definition) is 8. The molecule has 10 rings (SSSR count). The molecule has 10 fully saturated rings. The van der Waals surface area contributed by atoms with E-state index in [0.29, 0.717) is 46.6 Å². The van der Waals surface area contributed by atoms with E-state index in [1.165, 1.54) is 77.4 Å². The zero-order valence-corrected chi connectivity index (χ0v) is 33.4. The van der Waals surface area contributed by atoms with Gasteiger partial charge in [0.15, 0.2) is 6.29 Å². The highest BCUT2D eigenvalue weighted by molar-refractivity contribution is 5.33. The molecule has 14 atom stereocenters. The topological polar surface area (TPSA) is 83.9 Å². The molecule has 2 spiro atoms. The molecule has 5 aliphatic heterocycles. The number of aliphatic hydroxyl groups excluding tert-OH is 1. The van der Waals surface area contributed by atoms with Crippen LogP contribution < -0.4 is 0 Å². The molecule has 5 heterocycles. The van der Waals surface area contributed by atoms with E-state index < -0.39 is 17.8 Å². The molecule has 0 aromatic heterocycles. The minimum absolute atomic E-state index is 0.0261. The second-order valence-corrected chi connectivity index (χ2v) is 21.3. The largest absolute Gasteiger partial charge is 0.390 e. The summed E-state index contributed by atoms with van der Waals surface area (Å²) in [5.41, 5.74) is -0.0432. The molecule has 8 nitrogen and oxygen atoms in total. The lowest BCUT2D eigenvalue weighted by Crippen LogP contribution is -2.65. The van der Waals surface area contributed by atoms with Gasteiger partial charge in [0.25, 0.3) is 0 Å². The van der Waals surface area contributed by atoms with Crippen LogP contribution in [0.5, 0.6) is 0 Å². The average Bonchev–Trinajstić information content (AvgIpc) is 3.73. The van der Waals surface area contributed by atoms with Gasteiger partial charge in [0.05, 0.1) is 43.2 Å². The highest BCUT2D eigenvalue weighted by Gasteiger charge is 2.84. The number of aliphatic hydroxyl groups is 2. The lowest BCUT2D eigenvalue weighted by Gasteiger charge is -2.64. The van der Waals surface area contributed by atoms with E-state index in [4.69, 9.17) is 18.9 Å². The summed E-state index contributed by atoms with van der Waals surface area (Å²) in [4.78, 5) is 5.42. The van der Waals surface area contributed by atoms with Crippen LogP contribution in [0.3, 0.4) is 0 Å². The van der Waals surface area contributed by atoms with Crippen LogP contribution in [0.1, 0.15) is 126 Å². The molecule has 5 saturated heterocycles. The van der Waals surface area contributed by atoms with Crippen molar-refractivity contribution in [2.45, 2.75) is 174 Å². The van der Waals surface area contributed by atoms with E-state index >= 15 is 0 Å².